The maximum Gasteiger partial charge on any atom is 0.160 e. The summed E-state index contributed by atoms with van der Waals surface area (Å²) in [6.45, 7) is 1.65. The van der Waals surface area contributed by atoms with Crippen LogP contribution in [-0.2, 0) is 4.74 Å². The van der Waals surface area contributed by atoms with Gasteiger partial charge in [0.15, 0.2) is 5.65 Å². The first-order chi connectivity index (χ1) is 11.4. The van der Waals surface area contributed by atoms with Gasteiger partial charge in [0.2, 0.25) is 0 Å². The molecule has 2 atom stereocenters. The van der Waals surface area contributed by atoms with Crippen LogP contribution in [-0.4, -0.2) is 33.3 Å². The van der Waals surface area contributed by atoms with E-state index in [2.05, 4.69) is 49.7 Å². The minimum absolute atomic E-state index is 0.138. The Balaban J connectivity index is 1.51. The van der Waals surface area contributed by atoms with E-state index in [1.165, 1.54) is 5.56 Å². The van der Waals surface area contributed by atoms with Crippen LogP contribution in [0.5, 0.6) is 0 Å². The van der Waals surface area contributed by atoms with Crippen LogP contribution >= 0.6 is 0 Å². The molecular formula is C17H19N5O. The fourth-order valence-corrected chi connectivity index (χ4v) is 3.20. The van der Waals surface area contributed by atoms with Gasteiger partial charge in [0.25, 0.3) is 0 Å². The fraction of sp³-hybridized carbons (Fsp3) is 0.353. The molecule has 23 heavy (non-hydrogen) atoms. The standard InChI is InChI=1S/C17H19N5O/c1-2-5-12(6-3-1)15-13(7-4-8-23-15)9-18-16-14-10-21-22-17(14)20-11-19-16/h1-3,5-6,10-11,13,15H,4,7-9H2,(H2,18,19,20,21,22). The van der Waals surface area contributed by atoms with Crippen LogP contribution in [0.3, 0.4) is 0 Å². The monoisotopic (exact) mass is 309 g/mol. The second kappa shape index (κ2) is 6.34. The highest BCUT2D eigenvalue weighted by Gasteiger charge is 2.27. The summed E-state index contributed by atoms with van der Waals surface area (Å²) >= 11 is 0. The molecule has 1 saturated heterocycles. The topological polar surface area (TPSA) is 75.7 Å². The van der Waals surface area contributed by atoms with Gasteiger partial charge >= 0.3 is 0 Å². The molecule has 0 aliphatic carbocycles. The number of ether oxygens (including phenoxy) is 1. The third kappa shape index (κ3) is 2.90. The summed E-state index contributed by atoms with van der Waals surface area (Å²) in [4.78, 5) is 8.50. The Bertz CT molecular complexity index is 773. The molecule has 4 rings (SSSR count). The van der Waals surface area contributed by atoms with Gasteiger partial charge in [-0.1, -0.05) is 30.3 Å². The van der Waals surface area contributed by atoms with Crippen molar-refractivity contribution in [2.75, 3.05) is 18.5 Å². The summed E-state index contributed by atoms with van der Waals surface area (Å²) in [7, 11) is 0. The van der Waals surface area contributed by atoms with Gasteiger partial charge in [-0.25, -0.2) is 9.97 Å². The number of H-pyrrole nitrogens is 1. The molecule has 1 aliphatic heterocycles. The Hall–Kier alpha value is -2.47. The molecule has 0 amide bonds. The smallest absolute Gasteiger partial charge is 0.160 e. The molecule has 0 spiro atoms. The zero-order valence-corrected chi connectivity index (χ0v) is 12.8. The first-order valence-electron chi connectivity index (χ1n) is 7.96. The van der Waals surface area contributed by atoms with E-state index < -0.39 is 0 Å². The first kappa shape index (κ1) is 14.1. The lowest BCUT2D eigenvalue weighted by Gasteiger charge is -2.32. The molecule has 2 N–H and O–H groups in total. The second-order valence-corrected chi connectivity index (χ2v) is 5.84. The lowest BCUT2D eigenvalue weighted by Crippen LogP contribution is -2.28. The van der Waals surface area contributed by atoms with Crippen molar-refractivity contribution in [3.05, 3.63) is 48.4 Å². The summed E-state index contributed by atoms with van der Waals surface area (Å²) in [6, 6.07) is 10.5. The highest BCUT2D eigenvalue weighted by Crippen LogP contribution is 2.33. The number of nitrogens with one attached hydrogen (secondary N) is 2. The average Bonchev–Trinajstić information content (AvgIpc) is 3.10. The Kier molecular flexibility index (Phi) is 3.90. The minimum Gasteiger partial charge on any atom is -0.373 e. The largest absolute Gasteiger partial charge is 0.373 e. The zero-order valence-electron chi connectivity index (χ0n) is 12.8. The molecule has 6 heteroatoms. The van der Waals surface area contributed by atoms with Gasteiger partial charge in [0.1, 0.15) is 12.1 Å². The molecule has 2 unspecified atom stereocenters. The number of rotatable bonds is 4. The van der Waals surface area contributed by atoms with E-state index >= 15 is 0 Å². The number of aromatic amines is 1. The van der Waals surface area contributed by atoms with Crippen LogP contribution in [0, 0.1) is 5.92 Å². The molecular weight excluding hydrogens is 290 g/mol. The summed E-state index contributed by atoms with van der Waals surface area (Å²) in [5.74, 6) is 1.24. The Morgan fingerprint density at radius 2 is 2.13 bits per heavy atom. The first-order valence-corrected chi connectivity index (χ1v) is 7.96. The normalized spacial score (nSPS) is 21.4. The van der Waals surface area contributed by atoms with Gasteiger partial charge in [-0.2, -0.15) is 5.10 Å². The maximum absolute atomic E-state index is 6.05. The van der Waals surface area contributed by atoms with Crippen LogP contribution in [0.25, 0.3) is 11.0 Å². The van der Waals surface area contributed by atoms with Crippen molar-refractivity contribution >= 4 is 16.9 Å². The van der Waals surface area contributed by atoms with Crippen LogP contribution in [0.2, 0.25) is 0 Å². The van der Waals surface area contributed by atoms with Crippen molar-refractivity contribution in [3.8, 4) is 0 Å². The summed E-state index contributed by atoms with van der Waals surface area (Å²) in [5.41, 5.74) is 2.00. The number of hydrogen-bond donors (Lipinski definition) is 2. The van der Waals surface area contributed by atoms with E-state index in [1.54, 1.807) is 12.5 Å². The van der Waals surface area contributed by atoms with Crippen LogP contribution in [0.15, 0.2) is 42.9 Å². The number of benzene rings is 1. The van der Waals surface area contributed by atoms with Crippen molar-refractivity contribution in [1.29, 1.82) is 0 Å². The third-order valence-corrected chi connectivity index (χ3v) is 4.35. The van der Waals surface area contributed by atoms with Gasteiger partial charge in [-0.15, -0.1) is 0 Å². The molecule has 0 radical (unpaired) electrons. The minimum atomic E-state index is 0.138. The average molecular weight is 309 g/mol. The highest BCUT2D eigenvalue weighted by molar-refractivity contribution is 5.85. The molecule has 1 fully saturated rings. The van der Waals surface area contributed by atoms with Crippen molar-refractivity contribution in [2.45, 2.75) is 18.9 Å². The van der Waals surface area contributed by atoms with Crippen molar-refractivity contribution in [2.24, 2.45) is 5.92 Å². The molecule has 6 nitrogen and oxygen atoms in total. The van der Waals surface area contributed by atoms with E-state index in [0.29, 0.717) is 5.92 Å². The summed E-state index contributed by atoms with van der Waals surface area (Å²) in [6.07, 6.45) is 5.69. The van der Waals surface area contributed by atoms with Crippen molar-refractivity contribution in [1.82, 2.24) is 20.2 Å². The highest BCUT2D eigenvalue weighted by atomic mass is 16.5. The Morgan fingerprint density at radius 1 is 1.22 bits per heavy atom. The van der Waals surface area contributed by atoms with Crippen LogP contribution in [0.1, 0.15) is 24.5 Å². The van der Waals surface area contributed by atoms with Crippen LogP contribution in [0.4, 0.5) is 5.82 Å². The molecule has 1 aromatic carbocycles. The Labute approximate surface area is 134 Å². The van der Waals surface area contributed by atoms with E-state index in [-0.39, 0.29) is 6.10 Å². The molecule has 1 aliphatic rings. The SMILES string of the molecule is c1ccc(C2OCCCC2CNc2ncnc3[nH]ncc23)cc1. The summed E-state index contributed by atoms with van der Waals surface area (Å²) < 4.78 is 6.05. The van der Waals surface area contributed by atoms with Gasteiger partial charge in [-0.3, -0.25) is 5.10 Å². The third-order valence-electron chi connectivity index (χ3n) is 4.35. The number of anilines is 1. The van der Waals surface area contributed by atoms with Gasteiger partial charge < -0.3 is 10.1 Å². The van der Waals surface area contributed by atoms with Gasteiger partial charge in [0.05, 0.1) is 17.7 Å². The van der Waals surface area contributed by atoms with E-state index in [1.807, 2.05) is 6.07 Å². The number of nitrogens with zero attached hydrogens (tertiary/aromatic N) is 3. The zero-order chi connectivity index (χ0) is 15.5. The quantitative estimate of drug-likeness (QED) is 0.775. The molecule has 118 valence electrons. The summed E-state index contributed by atoms with van der Waals surface area (Å²) in [5, 5.41) is 11.3. The molecule has 3 heterocycles. The lowest BCUT2D eigenvalue weighted by atomic mass is 9.89. The van der Waals surface area contributed by atoms with Gasteiger partial charge in [0, 0.05) is 19.1 Å². The second-order valence-electron chi connectivity index (χ2n) is 5.84. The van der Waals surface area contributed by atoms with Crippen LogP contribution < -0.4 is 5.32 Å². The van der Waals surface area contributed by atoms with Crippen molar-refractivity contribution in [3.63, 3.8) is 0 Å². The predicted octanol–water partition coefficient (Wildman–Crippen LogP) is 2.93. The van der Waals surface area contributed by atoms with Gasteiger partial charge in [-0.05, 0) is 18.4 Å². The number of hydrogen-bond acceptors (Lipinski definition) is 5. The van der Waals surface area contributed by atoms with E-state index in [4.69, 9.17) is 4.74 Å². The molecule has 3 aromatic rings. The molecule has 2 aromatic heterocycles. The fourth-order valence-electron chi connectivity index (χ4n) is 3.20. The number of aromatic nitrogens is 4. The molecule has 0 saturated carbocycles. The van der Waals surface area contributed by atoms with Crippen molar-refractivity contribution < 1.29 is 4.74 Å². The lowest BCUT2D eigenvalue weighted by molar-refractivity contribution is -0.0238. The predicted molar refractivity (Wildman–Crippen MR) is 88.0 cm³/mol. The van der Waals surface area contributed by atoms with E-state index in [9.17, 15) is 0 Å². The Morgan fingerprint density at radius 3 is 3.04 bits per heavy atom. The van der Waals surface area contributed by atoms with E-state index in [0.717, 1.165) is 42.8 Å². The number of fused-ring (bicyclic) bond motifs is 1. The molecule has 0 bridgehead atoms. The maximum atomic E-state index is 6.05.